The van der Waals surface area contributed by atoms with Crippen molar-refractivity contribution in [2.24, 2.45) is 5.92 Å². The van der Waals surface area contributed by atoms with Gasteiger partial charge in [0.1, 0.15) is 11.9 Å². The Kier molecular flexibility index (Phi) is 6.17. The average molecular weight is 329 g/mol. The lowest BCUT2D eigenvalue weighted by molar-refractivity contribution is -0.138. The summed E-state index contributed by atoms with van der Waals surface area (Å²) in [7, 11) is 0. The molecule has 1 unspecified atom stereocenters. The van der Waals surface area contributed by atoms with Crippen molar-refractivity contribution in [2.75, 3.05) is 32.8 Å². The molecule has 1 atom stereocenters. The van der Waals surface area contributed by atoms with E-state index in [2.05, 4.69) is 5.32 Å². The molecule has 1 aliphatic carbocycles. The third kappa shape index (κ3) is 4.66. The zero-order valence-corrected chi connectivity index (χ0v) is 13.3. The van der Waals surface area contributed by atoms with Gasteiger partial charge in [-0.05, 0) is 43.0 Å². The molecule has 1 saturated carbocycles. The molecular formula is C16H22ClFN2O2. The Bertz CT molecular complexity index is 511. The van der Waals surface area contributed by atoms with Crippen molar-refractivity contribution in [3.63, 3.8) is 0 Å². The average Bonchev–Trinajstić information content (AvgIpc) is 3.31. The largest absolute Gasteiger partial charge is 0.370 e. The van der Waals surface area contributed by atoms with Crippen molar-refractivity contribution >= 4 is 18.3 Å². The van der Waals surface area contributed by atoms with Crippen molar-refractivity contribution in [3.05, 3.63) is 35.6 Å². The van der Waals surface area contributed by atoms with Crippen LogP contribution in [-0.2, 0) is 9.53 Å². The molecule has 3 rings (SSSR count). The maximum Gasteiger partial charge on any atom is 0.236 e. The van der Waals surface area contributed by atoms with Gasteiger partial charge in [-0.25, -0.2) is 4.39 Å². The summed E-state index contributed by atoms with van der Waals surface area (Å²) in [6.07, 6.45) is 2.32. The standard InChI is InChI=1S/C16H21FN2O2.ClH/c17-14-3-1-2-13(8-14)15-11-19(6-7-21-15)16(20)10-18-9-12-4-5-12;/h1-3,8,12,15,18H,4-7,9-11H2;1H. The molecule has 1 heterocycles. The first-order valence-electron chi connectivity index (χ1n) is 7.58. The molecule has 0 radical (unpaired) electrons. The third-order valence-corrected chi connectivity index (χ3v) is 4.05. The minimum absolute atomic E-state index is 0. The first-order valence-corrected chi connectivity index (χ1v) is 7.58. The normalized spacial score (nSPS) is 21.3. The molecule has 0 spiro atoms. The molecule has 1 N–H and O–H groups in total. The van der Waals surface area contributed by atoms with Gasteiger partial charge in [0, 0.05) is 6.54 Å². The molecule has 1 aliphatic heterocycles. The Labute approximate surface area is 136 Å². The number of carbonyl (C=O) groups excluding carboxylic acids is 1. The molecular weight excluding hydrogens is 307 g/mol. The fraction of sp³-hybridized carbons (Fsp3) is 0.562. The lowest BCUT2D eigenvalue weighted by Gasteiger charge is -2.33. The van der Waals surface area contributed by atoms with Crippen LogP contribution in [0.25, 0.3) is 0 Å². The Morgan fingerprint density at radius 2 is 2.23 bits per heavy atom. The maximum absolute atomic E-state index is 13.3. The van der Waals surface area contributed by atoms with Gasteiger partial charge in [0.05, 0.1) is 19.7 Å². The number of benzene rings is 1. The zero-order chi connectivity index (χ0) is 14.7. The minimum atomic E-state index is -0.273. The van der Waals surface area contributed by atoms with Gasteiger partial charge in [0.15, 0.2) is 0 Å². The number of carbonyl (C=O) groups is 1. The lowest BCUT2D eigenvalue weighted by atomic mass is 10.1. The second kappa shape index (κ2) is 7.90. The summed E-state index contributed by atoms with van der Waals surface area (Å²) < 4.78 is 19.0. The molecule has 1 saturated heterocycles. The monoisotopic (exact) mass is 328 g/mol. The van der Waals surface area contributed by atoms with Gasteiger partial charge < -0.3 is 15.0 Å². The molecule has 0 bridgehead atoms. The predicted molar refractivity (Wildman–Crippen MR) is 84.5 cm³/mol. The fourth-order valence-electron chi connectivity index (χ4n) is 2.60. The van der Waals surface area contributed by atoms with E-state index in [4.69, 9.17) is 4.74 Å². The number of halogens is 2. The molecule has 6 heteroatoms. The van der Waals surface area contributed by atoms with Gasteiger partial charge in [-0.3, -0.25) is 4.79 Å². The summed E-state index contributed by atoms with van der Waals surface area (Å²) in [5.41, 5.74) is 0.790. The first kappa shape index (κ1) is 17.2. The van der Waals surface area contributed by atoms with E-state index in [1.54, 1.807) is 11.0 Å². The van der Waals surface area contributed by atoms with Crippen molar-refractivity contribution in [1.29, 1.82) is 0 Å². The highest BCUT2D eigenvalue weighted by atomic mass is 35.5. The fourth-order valence-corrected chi connectivity index (χ4v) is 2.60. The summed E-state index contributed by atoms with van der Waals surface area (Å²) in [4.78, 5) is 14.0. The van der Waals surface area contributed by atoms with Crippen LogP contribution < -0.4 is 5.32 Å². The van der Waals surface area contributed by atoms with Crippen LogP contribution in [0.1, 0.15) is 24.5 Å². The van der Waals surface area contributed by atoms with Crippen LogP contribution in [0, 0.1) is 11.7 Å². The number of hydrogen-bond donors (Lipinski definition) is 1. The smallest absolute Gasteiger partial charge is 0.236 e. The zero-order valence-electron chi connectivity index (χ0n) is 12.5. The van der Waals surface area contributed by atoms with Crippen LogP contribution in [0.5, 0.6) is 0 Å². The summed E-state index contributed by atoms with van der Waals surface area (Å²) in [5, 5.41) is 3.22. The van der Waals surface area contributed by atoms with Gasteiger partial charge in [-0.2, -0.15) is 0 Å². The van der Waals surface area contributed by atoms with Crippen LogP contribution in [0.3, 0.4) is 0 Å². The number of ether oxygens (including phenoxy) is 1. The third-order valence-electron chi connectivity index (χ3n) is 4.05. The van der Waals surface area contributed by atoms with Gasteiger partial charge in [-0.1, -0.05) is 12.1 Å². The molecule has 1 aromatic rings. The van der Waals surface area contributed by atoms with Gasteiger partial charge in [0.25, 0.3) is 0 Å². The second-order valence-electron chi connectivity index (χ2n) is 5.83. The second-order valence-corrected chi connectivity index (χ2v) is 5.83. The molecule has 0 aromatic heterocycles. The maximum atomic E-state index is 13.3. The number of nitrogens with zero attached hydrogens (tertiary/aromatic N) is 1. The number of nitrogens with one attached hydrogen (secondary N) is 1. The Hall–Kier alpha value is -1.17. The Morgan fingerprint density at radius 3 is 2.95 bits per heavy atom. The first-order chi connectivity index (χ1) is 10.2. The van der Waals surface area contributed by atoms with Crippen LogP contribution >= 0.6 is 12.4 Å². The molecule has 2 aliphatic rings. The number of rotatable bonds is 5. The highest BCUT2D eigenvalue weighted by molar-refractivity contribution is 5.85. The van der Waals surface area contributed by atoms with Crippen molar-refractivity contribution < 1.29 is 13.9 Å². The highest BCUT2D eigenvalue weighted by Gasteiger charge is 2.26. The van der Waals surface area contributed by atoms with Gasteiger partial charge >= 0.3 is 0 Å². The van der Waals surface area contributed by atoms with Gasteiger partial charge in [-0.15, -0.1) is 12.4 Å². The number of morpholine rings is 1. The van der Waals surface area contributed by atoms with Crippen LogP contribution in [0.15, 0.2) is 24.3 Å². The Balaban J connectivity index is 0.00000176. The van der Waals surface area contributed by atoms with E-state index in [1.807, 2.05) is 6.07 Å². The van der Waals surface area contributed by atoms with E-state index in [0.29, 0.717) is 26.2 Å². The van der Waals surface area contributed by atoms with Crippen LogP contribution in [0.4, 0.5) is 4.39 Å². The van der Waals surface area contributed by atoms with Gasteiger partial charge in [0.2, 0.25) is 5.91 Å². The van der Waals surface area contributed by atoms with E-state index in [0.717, 1.165) is 18.0 Å². The molecule has 22 heavy (non-hydrogen) atoms. The predicted octanol–water partition coefficient (Wildman–Crippen LogP) is 2.15. The van der Waals surface area contributed by atoms with E-state index in [-0.39, 0.29) is 30.2 Å². The molecule has 122 valence electrons. The molecule has 4 nitrogen and oxygen atoms in total. The minimum Gasteiger partial charge on any atom is -0.370 e. The van der Waals surface area contributed by atoms with E-state index >= 15 is 0 Å². The summed E-state index contributed by atoms with van der Waals surface area (Å²) in [5.74, 6) is 0.591. The molecule has 1 amide bonds. The Morgan fingerprint density at radius 1 is 1.41 bits per heavy atom. The van der Waals surface area contributed by atoms with Crippen molar-refractivity contribution in [1.82, 2.24) is 10.2 Å². The van der Waals surface area contributed by atoms with E-state index in [1.165, 1.54) is 25.0 Å². The van der Waals surface area contributed by atoms with E-state index in [9.17, 15) is 9.18 Å². The molecule has 1 aromatic carbocycles. The SMILES string of the molecule is Cl.O=C(CNCC1CC1)N1CCOC(c2cccc(F)c2)C1. The highest BCUT2D eigenvalue weighted by Crippen LogP contribution is 2.27. The van der Waals surface area contributed by atoms with E-state index < -0.39 is 0 Å². The number of amides is 1. The summed E-state index contributed by atoms with van der Waals surface area (Å²) in [6, 6.07) is 6.40. The van der Waals surface area contributed by atoms with Crippen LogP contribution in [-0.4, -0.2) is 43.6 Å². The summed E-state index contributed by atoms with van der Waals surface area (Å²) in [6.45, 7) is 2.91. The quantitative estimate of drug-likeness (QED) is 0.900. The topological polar surface area (TPSA) is 41.6 Å². The van der Waals surface area contributed by atoms with Crippen LogP contribution in [0.2, 0.25) is 0 Å². The van der Waals surface area contributed by atoms with Crippen molar-refractivity contribution in [2.45, 2.75) is 18.9 Å². The molecule has 2 fully saturated rings. The summed E-state index contributed by atoms with van der Waals surface area (Å²) >= 11 is 0. The number of hydrogen-bond acceptors (Lipinski definition) is 3. The lowest BCUT2D eigenvalue weighted by Crippen LogP contribution is -2.46. The van der Waals surface area contributed by atoms with Crippen molar-refractivity contribution in [3.8, 4) is 0 Å².